The van der Waals surface area contributed by atoms with Crippen LogP contribution in [0.2, 0.25) is 0 Å². The second-order valence-corrected chi connectivity index (χ2v) is 7.73. The third-order valence-electron chi connectivity index (χ3n) is 5.26. The summed E-state index contributed by atoms with van der Waals surface area (Å²) in [7, 11) is 7.23. The number of aromatic nitrogens is 1. The summed E-state index contributed by atoms with van der Waals surface area (Å²) in [5.41, 5.74) is 1.69. The Bertz CT molecular complexity index is 855. The van der Waals surface area contributed by atoms with E-state index in [4.69, 9.17) is 4.74 Å². The first-order valence-electron chi connectivity index (χ1n) is 9.93. The van der Waals surface area contributed by atoms with Crippen molar-refractivity contribution in [3.63, 3.8) is 0 Å². The molecule has 1 fully saturated rings. The number of hydrogen-bond donors (Lipinski definition) is 0. The SMILES string of the molecule is COCCN(C)C(=O)c1ccc2ccc(N3CCN(C(=O)CN(C)C)CC3)n2c1. The van der Waals surface area contributed by atoms with Gasteiger partial charge in [0.05, 0.1) is 18.7 Å². The molecule has 0 unspecified atom stereocenters. The molecule has 0 atom stereocenters. The summed E-state index contributed by atoms with van der Waals surface area (Å²) in [6.45, 7) is 4.46. The van der Waals surface area contributed by atoms with Crippen molar-refractivity contribution in [1.82, 2.24) is 19.1 Å². The van der Waals surface area contributed by atoms with E-state index in [0.717, 1.165) is 24.4 Å². The molecule has 3 rings (SSSR count). The number of pyridine rings is 1. The van der Waals surface area contributed by atoms with E-state index in [1.54, 1.807) is 19.1 Å². The lowest BCUT2D eigenvalue weighted by Crippen LogP contribution is -2.51. The number of anilines is 1. The maximum atomic E-state index is 12.7. The molecule has 2 aromatic heterocycles. The van der Waals surface area contributed by atoms with E-state index in [2.05, 4.69) is 21.4 Å². The average Bonchev–Trinajstić information content (AvgIpc) is 3.14. The number of rotatable bonds is 7. The summed E-state index contributed by atoms with van der Waals surface area (Å²) in [6.07, 6.45) is 1.90. The maximum absolute atomic E-state index is 12.7. The van der Waals surface area contributed by atoms with E-state index < -0.39 is 0 Å². The zero-order valence-corrected chi connectivity index (χ0v) is 17.8. The summed E-state index contributed by atoms with van der Waals surface area (Å²) >= 11 is 0. The predicted octanol–water partition coefficient (Wildman–Crippen LogP) is 0.868. The zero-order chi connectivity index (χ0) is 21.0. The number of nitrogens with zero attached hydrogens (tertiary/aromatic N) is 5. The van der Waals surface area contributed by atoms with Crippen molar-refractivity contribution >= 4 is 23.1 Å². The van der Waals surface area contributed by atoms with E-state index in [-0.39, 0.29) is 11.8 Å². The third kappa shape index (κ3) is 4.89. The van der Waals surface area contributed by atoms with Crippen molar-refractivity contribution < 1.29 is 14.3 Å². The summed E-state index contributed by atoms with van der Waals surface area (Å²) in [5.74, 6) is 1.19. The maximum Gasteiger partial charge on any atom is 0.255 e. The molecule has 0 saturated carbocycles. The van der Waals surface area contributed by atoms with Crippen LogP contribution in [0, 0.1) is 0 Å². The molecule has 158 valence electrons. The second kappa shape index (κ2) is 9.28. The highest BCUT2D eigenvalue weighted by atomic mass is 16.5. The van der Waals surface area contributed by atoms with Gasteiger partial charge >= 0.3 is 0 Å². The molecule has 0 aliphatic carbocycles. The highest BCUT2D eigenvalue weighted by molar-refractivity contribution is 5.94. The molecule has 3 heterocycles. The van der Waals surface area contributed by atoms with Gasteiger partial charge in [-0.1, -0.05) is 0 Å². The molecule has 0 radical (unpaired) electrons. The lowest BCUT2D eigenvalue weighted by Gasteiger charge is -2.36. The number of piperazine rings is 1. The molecule has 8 heteroatoms. The fourth-order valence-corrected chi connectivity index (χ4v) is 3.58. The Morgan fingerprint density at radius 1 is 1.03 bits per heavy atom. The Labute approximate surface area is 172 Å². The van der Waals surface area contributed by atoms with Crippen LogP contribution in [0.5, 0.6) is 0 Å². The lowest BCUT2D eigenvalue weighted by molar-refractivity contribution is -0.132. The van der Waals surface area contributed by atoms with Crippen LogP contribution in [0.25, 0.3) is 5.52 Å². The summed E-state index contributed by atoms with van der Waals surface area (Å²) < 4.78 is 7.13. The average molecular weight is 402 g/mol. The first kappa shape index (κ1) is 21.1. The van der Waals surface area contributed by atoms with Gasteiger partial charge in [0.2, 0.25) is 5.91 Å². The van der Waals surface area contributed by atoms with E-state index in [9.17, 15) is 9.59 Å². The van der Waals surface area contributed by atoms with Gasteiger partial charge in [-0.25, -0.2) is 0 Å². The van der Waals surface area contributed by atoms with Gasteiger partial charge in [0, 0.05) is 58.6 Å². The van der Waals surface area contributed by atoms with E-state index >= 15 is 0 Å². The van der Waals surface area contributed by atoms with Crippen LogP contribution < -0.4 is 4.90 Å². The Balaban J connectivity index is 1.72. The van der Waals surface area contributed by atoms with Crippen LogP contribution in [0.1, 0.15) is 10.4 Å². The van der Waals surface area contributed by atoms with Crippen molar-refractivity contribution in [3.05, 3.63) is 36.0 Å². The van der Waals surface area contributed by atoms with Crippen molar-refractivity contribution in [2.75, 3.05) is 79.0 Å². The van der Waals surface area contributed by atoms with Crippen LogP contribution >= 0.6 is 0 Å². The number of likely N-dealkylation sites (N-methyl/N-ethyl adjacent to an activating group) is 2. The van der Waals surface area contributed by atoms with Gasteiger partial charge in [-0.15, -0.1) is 0 Å². The van der Waals surface area contributed by atoms with Gasteiger partial charge in [-0.3, -0.25) is 9.59 Å². The lowest BCUT2D eigenvalue weighted by atomic mass is 10.2. The van der Waals surface area contributed by atoms with Crippen molar-refractivity contribution in [2.45, 2.75) is 0 Å². The molecule has 0 bridgehead atoms. The van der Waals surface area contributed by atoms with Crippen molar-refractivity contribution in [3.8, 4) is 0 Å². The molecule has 0 spiro atoms. The smallest absolute Gasteiger partial charge is 0.255 e. The van der Waals surface area contributed by atoms with Gasteiger partial charge < -0.3 is 28.7 Å². The Hall–Kier alpha value is -2.58. The summed E-state index contributed by atoms with van der Waals surface area (Å²) in [4.78, 5) is 32.8. The number of fused-ring (bicyclic) bond motifs is 1. The van der Waals surface area contributed by atoms with Gasteiger partial charge in [-0.2, -0.15) is 0 Å². The minimum atomic E-state index is -0.0253. The predicted molar refractivity (Wildman–Crippen MR) is 114 cm³/mol. The number of amides is 2. The van der Waals surface area contributed by atoms with Crippen LogP contribution in [-0.2, 0) is 9.53 Å². The van der Waals surface area contributed by atoms with Gasteiger partial charge in [0.15, 0.2) is 0 Å². The first-order valence-corrected chi connectivity index (χ1v) is 9.93. The highest BCUT2D eigenvalue weighted by Crippen LogP contribution is 2.22. The van der Waals surface area contributed by atoms with Crippen LogP contribution in [0.4, 0.5) is 5.82 Å². The second-order valence-electron chi connectivity index (χ2n) is 7.73. The van der Waals surface area contributed by atoms with Gasteiger partial charge in [-0.05, 0) is 38.4 Å². The summed E-state index contributed by atoms with van der Waals surface area (Å²) in [5, 5.41) is 0. The number of carbonyl (C=O) groups excluding carboxylic acids is 2. The van der Waals surface area contributed by atoms with Crippen molar-refractivity contribution in [2.24, 2.45) is 0 Å². The summed E-state index contributed by atoms with van der Waals surface area (Å²) in [6, 6.07) is 7.97. The molecule has 8 nitrogen and oxygen atoms in total. The molecular weight excluding hydrogens is 370 g/mol. The molecular formula is C21H31N5O3. The number of ether oxygens (including phenoxy) is 1. The molecule has 1 saturated heterocycles. The van der Waals surface area contributed by atoms with Crippen LogP contribution in [0.15, 0.2) is 30.5 Å². The Kier molecular flexibility index (Phi) is 6.76. The first-order chi connectivity index (χ1) is 13.9. The Morgan fingerprint density at radius 2 is 1.72 bits per heavy atom. The van der Waals surface area contributed by atoms with Gasteiger partial charge in [0.1, 0.15) is 5.82 Å². The highest BCUT2D eigenvalue weighted by Gasteiger charge is 2.23. The number of hydrogen-bond acceptors (Lipinski definition) is 5. The third-order valence-corrected chi connectivity index (χ3v) is 5.26. The quantitative estimate of drug-likeness (QED) is 0.689. The van der Waals surface area contributed by atoms with E-state index in [0.29, 0.717) is 38.3 Å². The van der Waals surface area contributed by atoms with Gasteiger partial charge in [0.25, 0.3) is 5.91 Å². The number of carbonyl (C=O) groups is 2. The zero-order valence-electron chi connectivity index (χ0n) is 17.8. The van der Waals surface area contributed by atoms with Crippen LogP contribution in [0.3, 0.4) is 0 Å². The normalized spacial score (nSPS) is 14.7. The largest absolute Gasteiger partial charge is 0.383 e. The standard InChI is InChI=1S/C21H31N5O3/c1-22(2)16-20(27)25-11-9-24(10-12-25)19-8-7-18-6-5-17(15-26(18)19)21(28)23(3)13-14-29-4/h5-8,15H,9-14,16H2,1-4H3. The molecule has 1 aliphatic heterocycles. The molecule has 0 N–H and O–H groups in total. The molecule has 0 aromatic carbocycles. The Morgan fingerprint density at radius 3 is 2.38 bits per heavy atom. The van der Waals surface area contributed by atoms with E-state index in [1.807, 2.05) is 42.2 Å². The number of methoxy groups -OCH3 is 1. The molecule has 2 aromatic rings. The molecule has 2 amide bonds. The minimum absolute atomic E-state index is 0.0253. The monoisotopic (exact) mass is 401 g/mol. The van der Waals surface area contributed by atoms with Crippen molar-refractivity contribution in [1.29, 1.82) is 0 Å². The fraction of sp³-hybridized carbons (Fsp3) is 0.524. The van der Waals surface area contributed by atoms with Crippen LogP contribution in [-0.4, -0.2) is 105 Å². The molecule has 1 aliphatic rings. The topological polar surface area (TPSA) is 60.7 Å². The van der Waals surface area contributed by atoms with E-state index in [1.165, 1.54) is 0 Å². The minimum Gasteiger partial charge on any atom is -0.383 e. The molecule has 29 heavy (non-hydrogen) atoms. The fourth-order valence-electron chi connectivity index (χ4n) is 3.58.